The van der Waals surface area contributed by atoms with E-state index in [2.05, 4.69) is 0 Å². The fourth-order valence-electron chi connectivity index (χ4n) is 1.17. The molecule has 0 heterocycles. The lowest BCUT2D eigenvalue weighted by atomic mass is 10.1. The molecule has 0 saturated heterocycles. The Morgan fingerprint density at radius 2 is 1.95 bits per heavy atom. The monoisotopic (exact) mass is 287 g/mol. The Morgan fingerprint density at radius 1 is 1.37 bits per heavy atom. The van der Waals surface area contributed by atoms with Gasteiger partial charge < -0.3 is 9.47 Å². The fourth-order valence-corrected chi connectivity index (χ4v) is 1.54. The van der Waals surface area contributed by atoms with E-state index in [1.165, 1.54) is 18.7 Å². The van der Waals surface area contributed by atoms with E-state index in [0.29, 0.717) is 5.75 Å². The predicted molar refractivity (Wildman–Crippen MR) is 73.5 cm³/mol. The first-order chi connectivity index (χ1) is 8.71. The molecule has 19 heavy (non-hydrogen) atoms. The van der Waals surface area contributed by atoms with Gasteiger partial charge in [-0.3, -0.25) is 4.79 Å². The molecule has 0 radical (unpaired) electrons. The van der Waals surface area contributed by atoms with E-state index in [-0.39, 0.29) is 6.42 Å². The lowest BCUT2D eigenvalue weighted by Crippen LogP contribution is -2.38. The van der Waals surface area contributed by atoms with Gasteiger partial charge in [-0.1, -0.05) is 0 Å². The molecule has 0 aliphatic rings. The van der Waals surface area contributed by atoms with E-state index in [1.807, 2.05) is 12.3 Å². The van der Waals surface area contributed by atoms with E-state index in [1.54, 1.807) is 20.8 Å². The normalized spacial score (nSPS) is 14.1. The van der Waals surface area contributed by atoms with Crippen molar-refractivity contribution < 1.29 is 19.1 Å². The molecule has 0 aliphatic carbocycles. The molecule has 2 atom stereocenters. The fraction of sp³-hybridized carbons (Fsp3) is 0.769. The number of nitriles is 1. The van der Waals surface area contributed by atoms with Crippen LogP contribution in [-0.2, 0) is 19.1 Å². The molecule has 0 fully saturated rings. The van der Waals surface area contributed by atoms with Crippen molar-refractivity contribution in [2.75, 3.05) is 12.0 Å². The lowest BCUT2D eigenvalue weighted by molar-refractivity contribution is -0.177. The zero-order chi connectivity index (χ0) is 15.1. The first-order valence-electron chi connectivity index (χ1n) is 6.02. The average Bonchev–Trinajstić information content (AvgIpc) is 2.30. The molecule has 0 aliphatic heterocycles. The van der Waals surface area contributed by atoms with Crippen LogP contribution in [0.3, 0.4) is 0 Å². The molecule has 0 aromatic carbocycles. The van der Waals surface area contributed by atoms with Gasteiger partial charge in [-0.15, -0.1) is 0 Å². The van der Waals surface area contributed by atoms with Crippen LogP contribution in [0.5, 0.6) is 0 Å². The Morgan fingerprint density at radius 3 is 2.37 bits per heavy atom. The highest BCUT2D eigenvalue weighted by Gasteiger charge is 2.33. The summed E-state index contributed by atoms with van der Waals surface area (Å²) in [6, 6.07) is 1.91. The van der Waals surface area contributed by atoms with E-state index in [4.69, 9.17) is 14.7 Å². The standard InChI is InChI=1S/C13H21NO4S/c1-9(8-14)11(12(16)18-13(2,3)4)17-10(15)6-7-19-5/h9,11H,6-7H2,1-5H3. The maximum atomic E-state index is 11.9. The molecular weight excluding hydrogens is 266 g/mol. The Hall–Kier alpha value is -1.22. The summed E-state index contributed by atoms with van der Waals surface area (Å²) in [5, 5.41) is 8.89. The maximum Gasteiger partial charge on any atom is 0.349 e. The van der Waals surface area contributed by atoms with Crippen molar-refractivity contribution in [3.8, 4) is 6.07 Å². The van der Waals surface area contributed by atoms with Crippen LogP contribution in [0.1, 0.15) is 34.1 Å². The van der Waals surface area contributed by atoms with Gasteiger partial charge in [0.15, 0.2) is 0 Å². The van der Waals surface area contributed by atoms with Gasteiger partial charge in [0.2, 0.25) is 6.10 Å². The molecule has 0 aromatic rings. The number of hydrogen-bond acceptors (Lipinski definition) is 6. The van der Waals surface area contributed by atoms with Crippen molar-refractivity contribution in [2.45, 2.75) is 45.8 Å². The topological polar surface area (TPSA) is 76.4 Å². The zero-order valence-corrected chi connectivity index (χ0v) is 12.9. The van der Waals surface area contributed by atoms with Crippen molar-refractivity contribution in [1.82, 2.24) is 0 Å². The molecular formula is C13H21NO4S. The SMILES string of the molecule is CSCCC(=O)OC(C(=O)OC(C)(C)C)C(C)C#N. The Bertz CT molecular complexity index is 357. The number of ether oxygens (including phenoxy) is 2. The third-order valence-corrected chi connectivity index (χ3v) is 2.68. The summed E-state index contributed by atoms with van der Waals surface area (Å²) in [6.07, 6.45) is 0.911. The van der Waals surface area contributed by atoms with Crippen LogP contribution in [0.25, 0.3) is 0 Å². The molecule has 0 rings (SSSR count). The Kier molecular flexibility index (Phi) is 7.53. The summed E-state index contributed by atoms with van der Waals surface area (Å²) in [5.74, 6) is -1.31. The Labute approximate surface area is 118 Å². The number of nitrogens with zero attached hydrogens (tertiary/aromatic N) is 1. The van der Waals surface area contributed by atoms with Crippen molar-refractivity contribution >= 4 is 23.7 Å². The number of esters is 2. The third-order valence-electron chi connectivity index (χ3n) is 2.07. The van der Waals surface area contributed by atoms with Crippen molar-refractivity contribution in [1.29, 1.82) is 5.26 Å². The number of thioether (sulfide) groups is 1. The van der Waals surface area contributed by atoms with Gasteiger partial charge in [0.25, 0.3) is 0 Å². The number of hydrogen-bond donors (Lipinski definition) is 0. The molecule has 0 saturated carbocycles. The summed E-state index contributed by atoms with van der Waals surface area (Å²) in [5.41, 5.74) is -0.684. The second-order valence-corrected chi connectivity index (χ2v) is 6.09. The molecule has 2 unspecified atom stereocenters. The quantitative estimate of drug-likeness (QED) is 0.697. The van der Waals surface area contributed by atoms with Crippen LogP contribution in [0.4, 0.5) is 0 Å². The van der Waals surface area contributed by atoms with Crippen molar-refractivity contribution in [3.63, 3.8) is 0 Å². The summed E-state index contributed by atoms with van der Waals surface area (Å²) in [7, 11) is 0. The Balaban J connectivity index is 4.69. The molecule has 0 amide bonds. The van der Waals surface area contributed by atoms with Gasteiger partial charge >= 0.3 is 11.9 Å². The van der Waals surface area contributed by atoms with Crippen molar-refractivity contribution in [2.24, 2.45) is 5.92 Å². The van der Waals surface area contributed by atoms with Crippen LogP contribution in [-0.4, -0.2) is 35.7 Å². The predicted octanol–water partition coefficient (Wildman–Crippen LogP) is 2.15. The van der Waals surface area contributed by atoms with E-state index >= 15 is 0 Å². The summed E-state index contributed by atoms with van der Waals surface area (Å²) in [4.78, 5) is 23.5. The number of rotatable bonds is 6. The second kappa shape index (κ2) is 8.05. The highest BCUT2D eigenvalue weighted by molar-refractivity contribution is 7.98. The summed E-state index contributed by atoms with van der Waals surface area (Å²) >= 11 is 1.51. The van der Waals surface area contributed by atoms with Crippen LogP contribution in [0.15, 0.2) is 0 Å². The van der Waals surface area contributed by atoms with Crippen LogP contribution >= 0.6 is 11.8 Å². The smallest absolute Gasteiger partial charge is 0.349 e. The number of carbonyl (C=O) groups excluding carboxylic acids is 2. The third kappa shape index (κ3) is 7.73. The minimum Gasteiger partial charge on any atom is -0.457 e. The average molecular weight is 287 g/mol. The van der Waals surface area contributed by atoms with Gasteiger partial charge in [0.05, 0.1) is 18.4 Å². The molecule has 6 heteroatoms. The van der Waals surface area contributed by atoms with Crippen LogP contribution in [0.2, 0.25) is 0 Å². The summed E-state index contributed by atoms with van der Waals surface area (Å²) < 4.78 is 10.2. The molecule has 0 bridgehead atoms. The highest BCUT2D eigenvalue weighted by Crippen LogP contribution is 2.15. The van der Waals surface area contributed by atoms with Gasteiger partial charge in [-0.2, -0.15) is 17.0 Å². The molecule has 0 N–H and O–H groups in total. The van der Waals surface area contributed by atoms with Crippen molar-refractivity contribution in [3.05, 3.63) is 0 Å². The van der Waals surface area contributed by atoms with Gasteiger partial charge in [-0.25, -0.2) is 4.79 Å². The first-order valence-corrected chi connectivity index (χ1v) is 7.41. The molecule has 5 nitrogen and oxygen atoms in total. The van der Waals surface area contributed by atoms with Crippen LogP contribution < -0.4 is 0 Å². The zero-order valence-electron chi connectivity index (χ0n) is 12.1. The van der Waals surface area contributed by atoms with E-state index in [9.17, 15) is 9.59 Å². The minimum absolute atomic E-state index is 0.207. The van der Waals surface area contributed by atoms with Crippen LogP contribution in [0, 0.1) is 17.2 Å². The highest BCUT2D eigenvalue weighted by atomic mass is 32.2. The minimum atomic E-state index is -1.17. The second-order valence-electron chi connectivity index (χ2n) is 5.10. The lowest BCUT2D eigenvalue weighted by Gasteiger charge is -2.24. The van der Waals surface area contributed by atoms with Gasteiger partial charge in [0.1, 0.15) is 5.60 Å². The first kappa shape index (κ1) is 17.8. The van der Waals surface area contributed by atoms with E-state index in [0.717, 1.165) is 0 Å². The van der Waals surface area contributed by atoms with E-state index < -0.39 is 29.6 Å². The largest absolute Gasteiger partial charge is 0.457 e. The van der Waals surface area contributed by atoms with Gasteiger partial charge in [0, 0.05) is 5.75 Å². The molecule has 108 valence electrons. The maximum absolute atomic E-state index is 11.9. The number of carbonyl (C=O) groups is 2. The molecule has 0 spiro atoms. The van der Waals surface area contributed by atoms with Gasteiger partial charge in [-0.05, 0) is 34.0 Å². The summed E-state index contributed by atoms with van der Waals surface area (Å²) in [6.45, 7) is 6.67. The molecule has 0 aromatic heterocycles.